The number of ether oxygens (including phenoxy) is 2. The third-order valence-corrected chi connectivity index (χ3v) is 5.99. The number of benzene rings is 2. The summed E-state index contributed by atoms with van der Waals surface area (Å²) >= 11 is 12.4. The first kappa shape index (κ1) is 25.1. The van der Waals surface area contributed by atoms with Crippen molar-refractivity contribution >= 4 is 40.7 Å². The minimum atomic E-state index is -0.797. The number of hydrogen-bond donors (Lipinski definition) is 1. The van der Waals surface area contributed by atoms with Crippen LogP contribution in [0.15, 0.2) is 42.0 Å². The van der Waals surface area contributed by atoms with E-state index < -0.39 is 23.5 Å². The van der Waals surface area contributed by atoms with Crippen molar-refractivity contribution in [1.29, 1.82) is 0 Å². The van der Waals surface area contributed by atoms with Crippen LogP contribution in [0.1, 0.15) is 43.5 Å². The summed E-state index contributed by atoms with van der Waals surface area (Å²) < 4.78 is 11.0. The zero-order valence-corrected chi connectivity index (χ0v) is 20.5. The first-order valence-electron chi connectivity index (χ1n) is 10.7. The predicted molar refractivity (Wildman–Crippen MR) is 129 cm³/mol. The summed E-state index contributed by atoms with van der Waals surface area (Å²) in [6, 6.07) is 9.74. The third-order valence-electron chi connectivity index (χ3n) is 5.49. The molecule has 1 N–H and O–H groups in total. The lowest BCUT2D eigenvalue weighted by Gasteiger charge is -2.26. The van der Waals surface area contributed by atoms with Gasteiger partial charge in [0.25, 0.3) is 11.7 Å². The Morgan fingerprint density at radius 1 is 1.15 bits per heavy atom. The van der Waals surface area contributed by atoms with E-state index >= 15 is 0 Å². The van der Waals surface area contributed by atoms with Gasteiger partial charge in [0.2, 0.25) is 0 Å². The minimum Gasteiger partial charge on any atom is -0.507 e. The second kappa shape index (κ2) is 10.6. The fourth-order valence-corrected chi connectivity index (χ4v) is 4.44. The van der Waals surface area contributed by atoms with Crippen molar-refractivity contribution in [2.45, 2.75) is 39.3 Å². The fourth-order valence-electron chi connectivity index (χ4n) is 3.87. The van der Waals surface area contributed by atoms with Gasteiger partial charge in [-0.15, -0.1) is 0 Å². The first-order chi connectivity index (χ1) is 15.7. The number of halogens is 2. The van der Waals surface area contributed by atoms with Gasteiger partial charge in [-0.2, -0.15) is 0 Å². The minimum absolute atomic E-state index is 0.0260. The molecule has 1 aliphatic rings. The summed E-state index contributed by atoms with van der Waals surface area (Å²) in [7, 11) is 1.40. The highest BCUT2D eigenvalue weighted by atomic mass is 35.5. The summed E-state index contributed by atoms with van der Waals surface area (Å²) in [6.45, 7) is 6.27. The molecule has 1 aliphatic heterocycles. The lowest BCUT2D eigenvalue weighted by molar-refractivity contribution is -0.140. The van der Waals surface area contributed by atoms with E-state index in [1.165, 1.54) is 24.1 Å². The standard InChI is InChI=1S/C25H27Cl2NO5/c1-5-15-6-8-16(9-7-15)21-20(23(30)25(31)28(21)10-11-33-14(2)3)22(29)18-12-17(26)13-19(27)24(18)32-4/h6-9,12-14,21,29H,5,10-11H2,1-4H3/b22-20+. The lowest BCUT2D eigenvalue weighted by Crippen LogP contribution is -2.33. The Bertz CT molecular complexity index is 1080. The van der Waals surface area contributed by atoms with E-state index in [9.17, 15) is 14.7 Å². The Morgan fingerprint density at radius 3 is 2.39 bits per heavy atom. The molecule has 1 heterocycles. The van der Waals surface area contributed by atoms with Gasteiger partial charge >= 0.3 is 0 Å². The number of carbonyl (C=O) groups excluding carboxylic acids is 2. The van der Waals surface area contributed by atoms with Gasteiger partial charge in [0.15, 0.2) is 0 Å². The van der Waals surface area contributed by atoms with Crippen LogP contribution in [0.2, 0.25) is 10.0 Å². The van der Waals surface area contributed by atoms with Crippen LogP contribution in [0.3, 0.4) is 0 Å². The Morgan fingerprint density at radius 2 is 1.82 bits per heavy atom. The van der Waals surface area contributed by atoms with E-state index in [4.69, 9.17) is 32.7 Å². The highest BCUT2D eigenvalue weighted by molar-refractivity contribution is 6.46. The van der Waals surface area contributed by atoms with E-state index in [1.807, 2.05) is 45.0 Å². The van der Waals surface area contributed by atoms with Crippen LogP contribution in [0.5, 0.6) is 5.75 Å². The quantitative estimate of drug-likeness (QED) is 0.303. The highest BCUT2D eigenvalue weighted by Gasteiger charge is 2.46. The Labute approximate surface area is 203 Å². The molecule has 8 heteroatoms. The number of rotatable bonds is 8. The van der Waals surface area contributed by atoms with Crippen LogP contribution in [0.25, 0.3) is 5.76 Å². The van der Waals surface area contributed by atoms with Crippen molar-refractivity contribution in [3.8, 4) is 5.75 Å². The van der Waals surface area contributed by atoms with Crippen LogP contribution in [0, 0.1) is 0 Å². The van der Waals surface area contributed by atoms with E-state index in [2.05, 4.69) is 0 Å². The largest absolute Gasteiger partial charge is 0.507 e. The van der Waals surface area contributed by atoms with Gasteiger partial charge in [-0.1, -0.05) is 54.4 Å². The van der Waals surface area contributed by atoms with Gasteiger partial charge in [-0.3, -0.25) is 9.59 Å². The smallest absolute Gasteiger partial charge is 0.295 e. The van der Waals surface area contributed by atoms with E-state index in [1.54, 1.807) is 0 Å². The van der Waals surface area contributed by atoms with Crippen LogP contribution >= 0.6 is 23.2 Å². The summed E-state index contributed by atoms with van der Waals surface area (Å²) in [5, 5.41) is 11.7. The molecular weight excluding hydrogens is 465 g/mol. The molecule has 0 saturated carbocycles. The molecule has 0 spiro atoms. The highest BCUT2D eigenvalue weighted by Crippen LogP contribution is 2.43. The maximum Gasteiger partial charge on any atom is 0.295 e. The fraction of sp³-hybridized carbons (Fsp3) is 0.360. The number of aryl methyl sites for hydroxylation is 1. The number of hydrogen-bond acceptors (Lipinski definition) is 5. The Balaban J connectivity index is 2.18. The number of ketones is 1. The second-order valence-corrected chi connectivity index (χ2v) is 8.82. The molecular formula is C25H27Cl2NO5. The van der Waals surface area contributed by atoms with Crippen molar-refractivity contribution in [2.24, 2.45) is 0 Å². The average Bonchev–Trinajstić information content (AvgIpc) is 3.03. The molecule has 0 radical (unpaired) electrons. The van der Waals surface area contributed by atoms with Gasteiger partial charge in [-0.05, 0) is 43.5 Å². The van der Waals surface area contributed by atoms with Crippen molar-refractivity contribution in [3.63, 3.8) is 0 Å². The van der Waals surface area contributed by atoms with E-state index in [-0.39, 0.29) is 46.2 Å². The predicted octanol–water partition coefficient (Wildman–Crippen LogP) is 5.41. The van der Waals surface area contributed by atoms with Crippen LogP contribution in [-0.2, 0) is 20.7 Å². The van der Waals surface area contributed by atoms with Gasteiger partial charge in [0.05, 0.1) is 42.0 Å². The molecule has 1 fully saturated rings. The Hall–Kier alpha value is -2.54. The molecule has 1 atom stereocenters. The van der Waals surface area contributed by atoms with Gasteiger partial charge in [-0.25, -0.2) is 0 Å². The number of aliphatic hydroxyl groups excluding tert-OH is 1. The topological polar surface area (TPSA) is 76.1 Å². The average molecular weight is 492 g/mol. The lowest BCUT2D eigenvalue weighted by atomic mass is 9.94. The summed E-state index contributed by atoms with van der Waals surface area (Å²) in [5.74, 6) is -1.74. The van der Waals surface area contributed by atoms with Crippen LogP contribution in [0.4, 0.5) is 0 Å². The zero-order valence-electron chi connectivity index (χ0n) is 19.0. The second-order valence-electron chi connectivity index (χ2n) is 7.98. The number of carbonyl (C=O) groups is 2. The van der Waals surface area contributed by atoms with E-state index in [0.717, 1.165) is 12.0 Å². The molecule has 176 valence electrons. The number of nitrogens with zero attached hydrogens (tertiary/aromatic N) is 1. The maximum absolute atomic E-state index is 13.1. The molecule has 6 nitrogen and oxygen atoms in total. The van der Waals surface area contributed by atoms with Crippen molar-refractivity contribution in [3.05, 3.63) is 68.7 Å². The number of aliphatic hydroxyl groups is 1. The van der Waals surface area contributed by atoms with Gasteiger partial charge < -0.3 is 19.5 Å². The normalized spacial score (nSPS) is 17.8. The molecule has 1 amide bonds. The number of amides is 1. The molecule has 3 rings (SSSR count). The zero-order chi connectivity index (χ0) is 24.3. The molecule has 0 aromatic heterocycles. The third kappa shape index (κ3) is 5.18. The van der Waals surface area contributed by atoms with Crippen molar-refractivity contribution < 1.29 is 24.2 Å². The molecule has 0 bridgehead atoms. The van der Waals surface area contributed by atoms with E-state index in [0.29, 0.717) is 5.56 Å². The number of Topliss-reactive ketones (excluding diaryl/α,β-unsaturated/α-hetero) is 1. The summed E-state index contributed by atoms with van der Waals surface area (Å²) in [5.41, 5.74) is 1.90. The van der Waals surface area contributed by atoms with Crippen LogP contribution in [-0.4, -0.2) is 48.1 Å². The van der Waals surface area contributed by atoms with Crippen molar-refractivity contribution in [2.75, 3.05) is 20.3 Å². The molecule has 2 aromatic rings. The summed E-state index contributed by atoms with van der Waals surface area (Å²) in [4.78, 5) is 27.6. The number of likely N-dealkylation sites (tertiary alicyclic amines) is 1. The molecule has 1 unspecified atom stereocenters. The monoisotopic (exact) mass is 491 g/mol. The van der Waals surface area contributed by atoms with Gasteiger partial charge in [0, 0.05) is 11.6 Å². The molecule has 0 aliphatic carbocycles. The first-order valence-corrected chi connectivity index (χ1v) is 11.5. The van der Waals surface area contributed by atoms with Gasteiger partial charge in [0.1, 0.15) is 11.5 Å². The molecule has 1 saturated heterocycles. The molecule has 33 heavy (non-hydrogen) atoms. The van der Waals surface area contributed by atoms with Crippen LogP contribution < -0.4 is 4.74 Å². The summed E-state index contributed by atoms with van der Waals surface area (Å²) in [6.07, 6.45) is 0.822. The SMILES string of the molecule is CCc1ccc(C2/C(=C(\O)c3cc(Cl)cc(Cl)c3OC)C(=O)C(=O)N2CCOC(C)C)cc1. The Kier molecular flexibility index (Phi) is 8.05. The van der Waals surface area contributed by atoms with Crippen molar-refractivity contribution in [1.82, 2.24) is 4.90 Å². The number of methoxy groups -OCH3 is 1. The maximum atomic E-state index is 13.1. The molecule has 2 aromatic carbocycles.